The fourth-order valence-corrected chi connectivity index (χ4v) is 3.88. The average Bonchev–Trinajstić information content (AvgIpc) is 3.14. The van der Waals surface area contributed by atoms with Crippen LogP contribution in [0.5, 0.6) is 5.75 Å². The lowest BCUT2D eigenvalue weighted by atomic mass is 10.1. The van der Waals surface area contributed by atoms with E-state index in [4.69, 9.17) is 4.74 Å². The van der Waals surface area contributed by atoms with Crippen LogP contribution in [-0.4, -0.2) is 23.6 Å². The maximum Gasteiger partial charge on any atom is 0.138 e. The van der Waals surface area contributed by atoms with Crippen molar-refractivity contribution in [3.63, 3.8) is 0 Å². The molecule has 0 fully saturated rings. The first-order valence-electron chi connectivity index (χ1n) is 8.49. The fraction of sp³-hybridized carbons (Fsp3) is 0.143. The Bertz CT molecular complexity index is 997. The Kier molecular flexibility index (Phi) is 4.80. The van der Waals surface area contributed by atoms with Crippen LogP contribution >= 0.6 is 11.3 Å². The minimum Gasteiger partial charge on any atom is -0.497 e. The summed E-state index contributed by atoms with van der Waals surface area (Å²) in [5.74, 6) is 1.74. The minimum absolute atomic E-state index is 0.827. The van der Waals surface area contributed by atoms with Crippen molar-refractivity contribution in [1.29, 1.82) is 0 Å². The molecular formula is C21H19N3OS. The minimum atomic E-state index is 0.827. The molecule has 0 unspecified atom stereocenters. The summed E-state index contributed by atoms with van der Waals surface area (Å²) in [6.45, 7) is 0.827. The van der Waals surface area contributed by atoms with Crippen LogP contribution in [-0.2, 0) is 6.42 Å². The maximum atomic E-state index is 5.26. The number of hydrogen-bond donors (Lipinski definition) is 1. The summed E-state index contributed by atoms with van der Waals surface area (Å²) in [4.78, 5) is 9.91. The number of thiophene rings is 1. The molecule has 0 radical (unpaired) electrons. The van der Waals surface area contributed by atoms with Crippen molar-refractivity contribution >= 4 is 27.4 Å². The predicted molar refractivity (Wildman–Crippen MR) is 108 cm³/mol. The Hall–Kier alpha value is -2.92. The van der Waals surface area contributed by atoms with Gasteiger partial charge in [0.15, 0.2) is 0 Å². The highest BCUT2D eigenvalue weighted by molar-refractivity contribution is 7.17. The van der Waals surface area contributed by atoms with E-state index in [0.717, 1.165) is 45.9 Å². The van der Waals surface area contributed by atoms with Gasteiger partial charge in [0.1, 0.15) is 22.7 Å². The summed E-state index contributed by atoms with van der Waals surface area (Å²) in [6, 6.07) is 18.6. The zero-order valence-electron chi connectivity index (χ0n) is 14.5. The van der Waals surface area contributed by atoms with Gasteiger partial charge in [-0.2, -0.15) is 0 Å². The zero-order chi connectivity index (χ0) is 17.8. The molecule has 0 saturated carbocycles. The Morgan fingerprint density at radius 1 is 1.00 bits per heavy atom. The monoisotopic (exact) mass is 361 g/mol. The largest absolute Gasteiger partial charge is 0.497 e. The molecule has 4 nitrogen and oxygen atoms in total. The van der Waals surface area contributed by atoms with Gasteiger partial charge >= 0.3 is 0 Å². The smallest absolute Gasteiger partial charge is 0.138 e. The third-order valence-electron chi connectivity index (χ3n) is 4.32. The normalized spacial score (nSPS) is 10.8. The first-order chi connectivity index (χ1) is 12.8. The van der Waals surface area contributed by atoms with E-state index in [1.54, 1.807) is 24.8 Å². The van der Waals surface area contributed by atoms with Crippen molar-refractivity contribution in [2.45, 2.75) is 6.42 Å². The molecule has 0 atom stereocenters. The quantitative estimate of drug-likeness (QED) is 0.524. The van der Waals surface area contributed by atoms with Gasteiger partial charge in [0.2, 0.25) is 0 Å². The summed E-state index contributed by atoms with van der Waals surface area (Å²) >= 11 is 1.64. The van der Waals surface area contributed by atoms with E-state index in [1.165, 1.54) is 5.56 Å². The third-order valence-corrected chi connectivity index (χ3v) is 5.21. The second-order valence-electron chi connectivity index (χ2n) is 5.94. The van der Waals surface area contributed by atoms with Crippen LogP contribution < -0.4 is 10.1 Å². The molecule has 1 N–H and O–H groups in total. The van der Waals surface area contributed by atoms with Crippen molar-refractivity contribution < 1.29 is 4.74 Å². The number of ether oxygens (including phenoxy) is 1. The summed E-state index contributed by atoms with van der Waals surface area (Å²) in [5, 5.41) is 6.71. The number of anilines is 1. The Balaban J connectivity index is 1.61. The van der Waals surface area contributed by atoms with Crippen LogP contribution in [0, 0.1) is 0 Å². The molecular weight excluding hydrogens is 342 g/mol. The topological polar surface area (TPSA) is 47.0 Å². The van der Waals surface area contributed by atoms with Crippen LogP contribution in [0.1, 0.15) is 5.56 Å². The lowest BCUT2D eigenvalue weighted by Gasteiger charge is -2.09. The number of hydrogen-bond acceptors (Lipinski definition) is 5. The van der Waals surface area contributed by atoms with Gasteiger partial charge in [0.05, 0.1) is 12.5 Å². The van der Waals surface area contributed by atoms with Crippen molar-refractivity contribution in [2.24, 2.45) is 0 Å². The number of nitrogens with one attached hydrogen (secondary N) is 1. The first-order valence-corrected chi connectivity index (χ1v) is 9.37. The zero-order valence-corrected chi connectivity index (χ0v) is 15.3. The third kappa shape index (κ3) is 3.39. The molecule has 0 aliphatic rings. The number of benzene rings is 2. The van der Waals surface area contributed by atoms with Crippen molar-refractivity contribution in [3.8, 4) is 16.9 Å². The number of fused-ring (bicyclic) bond motifs is 1. The highest BCUT2D eigenvalue weighted by Crippen LogP contribution is 2.36. The second kappa shape index (κ2) is 7.54. The summed E-state index contributed by atoms with van der Waals surface area (Å²) < 4.78 is 5.26. The van der Waals surface area contributed by atoms with Crippen molar-refractivity contribution in [2.75, 3.05) is 19.0 Å². The number of methoxy groups -OCH3 is 1. The lowest BCUT2D eigenvalue weighted by molar-refractivity contribution is 0.415. The summed E-state index contributed by atoms with van der Waals surface area (Å²) in [7, 11) is 1.68. The number of rotatable bonds is 6. The highest BCUT2D eigenvalue weighted by atomic mass is 32.1. The van der Waals surface area contributed by atoms with Gasteiger partial charge in [-0.3, -0.25) is 0 Å². The van der Waals surface area contributed by atoms with E-state index >= 15 is 0 Å². The van der Waals surface area contributed by atoms with Crippen LogP contribution in [0.25, 0.3) is 21.3 Å². The molecule has 0 amide bonds. The molecule has 2 heterocycles. The SMILES string of the molecule is COc1ccc(-c2csc3ncnc(NCCc4ccccc4)c23)cc1. The van der Waals surface area contributed by atoms with Crippen molar-refractivity contribution in [3.05, 3.63) is 71.9 Å². The van der Waals surface area contributed by atoms with Gasteiger partial charge in [-0.25, -0.2) is 9.97 Å². The number of aromatic nitrogens is 2. The van der Waals surface area contributed by atoms with Gasteiger partial charge in [-0.05, 0) is 29.7 Å². The average molecular weight is 361 g/mol. The van der Waals surface area contributed by atoms with Crippen LogP contribution in [0.3, 0.4) is 0 Å². The molecule has 2 aromatic heterocycles. The maximum absolute atomic E-state index is 5.26. The Morgan fingerprint density at radius 3 is 2.58 bits per heavy atom. The van der Waals surface area contributed by atoms with Gasteiger partial charge in [0.25, 0.3) is 0 Å². The van der Waals surface area contributed by atoms with Crippen LogP contribution in [0.4, 0.5) is 5.82 Å². The molecule has 0 aliphatic heterocycles. The van der Waals surface area contributed by atoms with Crippen LogP contribution in [0.15, 0.2) is 66.3 Å². The molecule has 0 aliphatic carbocycles. The molecule has 0 spiro atoms. The predicted octanol–water partition coefficient (Wildman–Crippen LogP) is 5.02. The molecule has 4 aromatic rings. The lowest BCUT2D eigenvalue weighted by Crippen LogP contribution is -2.06. The molecule has 0 bridgehead atoms. The second-order valence-corrected chi connectivity index (χ2v) is 6.80. The van der Waals surface area contributed by atoms with Gasteiger partial charge in [-0.1, -0.05) is 42.5 Å². The van der Waals surface area contributed by atoms with Crippen molar-refractivity contribution in [1.82, 2.24) is 9.97 Å². The van der Waals surface area contributed by atoms with Gasteiger partial charge in [0, 0.05) is 17.5 Å². The highest BCUT2D eigenvalue weighted by Gasteiger charge is 2.13. The van der Waals surface area contributed by atoms with E-state index < -0.39 is 0 Å². The Morgan fingerprint density at radius 2 is 1.81 bits per heavy atom. The van der Waals surface area contributed by atoms with E-state index in [-0.39, 0.29) is 0 Å². The first kappa shape index (κ1) is 16.5. The Labute approximate surface area is 156 Å². The van der Waals surface area contributed by atoms with Gasteiger partial charge < -0.3 is 10.1 Å². The summed E-state index contributed by atoms with van der Waals surface area (Å²) in [5.41, 5.74) is 3.60. The number of nitrogens with zero attached hydrogens (tertiary/aromatic N) is 2. The molecule has 4 rings (SSSR count). The molecule has 5 heteroatoms. The molecule has 26 heavy (non-hydrogen) atoms. The van der Waals surface area contributed by atoms with Gasteiger partial charge in [-0.15, -0.1) is 11.3 Å². The van der Waals surface area contributed by atoms with E-state index in [1.807, 2.05) is 18.2 Å². The standard InChI is InChI=1S/C21H19N3OS/c1-25-17-9-7-16(8-10-17)18-13-26-21-19(18)20(23-14-24-21)22-12-11-15-5-3-2-4-6-15/h2-10,13-14H,11-12H2,1H3,(H,22,23,24). The van der Waals surface area contributed by atoms with Crippen LogP contribution in [0.2, 0.25) is 0 Å². The molecule has 0 saturated heterocycles. The molecule has 2 aromatic carbocycles. The van der Waals surface area contributed by atoms with E-state index in [0.29, 0.717) is 0 Å². The molecule has 130 valence electrons. The summed E-state index contributed by atoms with van der Waals surface area (Å²) in [6.07, 6.45) is 2.58. The van der Waals surface area contributed by atoms with E-state index in [9.17, 15) is 0 Å². The fourth-order valence-electron chi connectivity index (χ4n) is 2.96. The van der Waals surface area contributed by atoms with E-state index in [2.05, 4.69) is 57.1 Å².